The summed E-state index contributed by atoms with van der Waals surface area (Å²) < 4.78 is 26.0. The van der Waals surface area contributed by atoms with Crippen LogP contribution in [0.4, 0.5) is 0 Å². The Hall–Kier alpha value is -0.730. The van der Waals surface area contributed by atoms with Crippen molar-refractivity contribution in [2.75, 3.05) is 6.26 Å². The Labute approximate surface area is 88.5 Å². The Kier molecular flexibility index (Phi) is 3.40. The Morgan fingerprint density at radius 2 is 2.29 bits per heavy atom. The highest BCUT2D eigenvalue weighted by atomic mass is 79.9. The molecule has 0 unspecified atom stereocenters. The van der Waals surface area contributed by atoms with Gasteiger partial charge in [0.1, 0.15) is 6.61 Å². The lowest BCUT2D eigenvalue weighted by Gasteiger charge is -1.99. The molecule has 0 aliphatic heterocycles. The molecule has 1 heterocycles. The van der Waals surface area contributed by atoms with Gasteiger partial charge in [-0.05, 0) is 22.0 Å². The zero-order valence-corrected chi connectivity index (χ0v) is 9.55. The maximum atomic E-state index is 10.8. The third-order valence-electron chi connectivity index (χ3n) is 1.23. The molecule has 0 saturated carbocycles. The number of nitrogens with one attached hydrogen (secondary N) is 1. The van der Waals surface area contributed by atoms with Crippen molar-refractivity contribution in [1.82, 2.24) is 10.2 Å². The van der Waals surface area contributed by atoms with Gasteiger partial charge in [0, 0.05) is 0 Å². The monoisotopic (exact) mass is 282 g/mol. The predicted octanol–water partition coefficient (Wildman–Crippen LogP) is 0.00860. The number of aromatic amines is 1. The van der Waals surface area contributed by atoms with E-state index in [1.807, 2.05) is 0 Å². The third-order valence-corrected chi connectivity index (χ3v) is 2.37. The first kappa shape index (κ1) is 11.3. The van der Waals surface area contributed by atoms with Crippen molar-refractivity contribution in [3.05, 3.63) is 26.6 Å². The highest BCUT2D eigenvalue weighted by Crippen LogP contribution is 2.04. The van der Waals surface area contributed by atoms with Crippen LogP contribution in [0.25, 0.3) is 0 Å². The quantitative estimate of drug-likeness (QED) is 0.789. The van der Waals surface area contributed by atoms with Crippen LogP contribution in [0.15, 0.2) is 15.3 Å². The van der Waals surface area contributed by atoms with E-state index in [0.717, 1.165) is 6.26 Å². The first-order valence-corrected chi connectivity index (χ1v) is 6.08. The molecule has 14 heavy (non-hydrogen) atoms. The molecule has 0 spiro atoms. The molecule has 0 saturated heterocycles. The van der Waals surface area contributed by atoms with Crippen LogP contribution in [0, 0.1) is 0 Å². The largest absolute Gasteiger partial charge is 0.278 e. The minimum absolute atomic E-state index is 0.200. The fourth-order valence-corrected chi connectivity index (χ4v) is 1.35. The number of rotatable bonds is 3. The van der Waals surface area contributed by atoms with Crippen molar-refractivity contribution in [3.8, 4) is 0 Å². The minimum Gasteiger partial charge on any atom is -0.267 e. The summed E-state index contributed by atoms with van der Waals surface area (Å²) >= 11 is 2.98. The molecule has 1 aromatic rings. The summed E-state index contributed by atoms with van der Waals surface area (Å²) in [7, 11) is -3.49. The number of halogens is 1. The molecule has 0 amide bonds. The normalized spacial score (nSPS) is 11.6. The van der Waals surface area contributed by atoms with Gasteiger partial charge in [-0.15, -0.1) is 0 Å². The van der Waals surface area contributed by atoms with E-state index in [-0.39, 0.29) is 16.6 Å². The zero-order valence-electron chi connectivity index (χ0n) is 7.15. The van der Waals surface area contributed by atoms with E-state index in [9.17, 15) is 13.2 Å². The van der Waals surface area contributed by atoms with Crippen LogP contribution in [0.3, 0.4) is 0 Å². The number of H-pyrrole nitrogens is 1. The van der Waals surface area contributed by atoms with Gasteiger partial charge in [0.25, 0.3) is 15.7 Å². The zero-order chi connectivity index (χ0) is 10.8. The van der Waals surface area contributed by atoms with Crippen LogP contribution in [-0.4, -0.2) is 24.9 Å². The predicted molar refractivity (Wildman–Crippen MR) is 52.2 cm³/mol. The van der Waals surface area contributed by atoms with Crippen LogP contribution in [-0.2, 0) is 20.9 Å². The molecule has 6 nitrogen and oxygen atoms in total. The molecule has 1 aromatic heterocycles. The molecule has 0 bridgehead atoms. The van der Waals surface area contributed by atoms with Crippen LogP contribution in [0.2, 0.25) is 0 Å². The highest BCUT2D eigenvalue weighted by Gasteiger charge is 2.05. The van der Waals surface area contributed by atoms with Crippen molar-refractivity contribution >= 4 is 26.0 Å². The molecular formula is C6H7BrN2O4S. The number of hydrogen-bond donors (Lipinski definition) is 1. The standard InChI is InChI=1S/C6H7BrN2O4S/c1-14(11,12)13-3-4-2-5(7)6(10)9-8-4/h2H,3H2,1H3,(H,9,10). The first-order chi connectivity index (χ1) is 6.38. The van der Waals surface area contributed by atoms with Crippen molar-refractivity contribution in [2.45, 2.75) is 6.61 Å². The number of aromatic nitrogens is 2. The number of hydrogen-bond acceptors (Lipinski definition) is 5. The summed E-state index contributed by atoms with van der Waals surface area (Å²) in [5, 5.41) is 5.76. The molecule has 0 aromatic carbocycles. The molecule has 0 fully saturated rings. The lowest BCUT2D eigenvalue weighted by Crippen LogP contribution is -2.12. The smallest absolute Gasteiger partial charge is 0.267 e. The van der Waals surface area contributed by atoms with E-state index in [1.54, 1.807) is 0 Å². The van der Waals surface area contributed by atoms with Gasteiger partial charge in [-0.3, -0.25) is 8.98 Å². The molecule has 1 N–H and O–H groups in total. The number of nitrogens with zero attached hydrogens (tertiary/aromatic N) is 1. The summed E-state index contributed by atoms with van der Waals surface area (Å²) in [6.45, 7) is -0.200. The van der Waals surface area contributed by atoms with Gasteiger partial charge in [0.05, 0.1) is 16.4 Å². The molecular weight excluding hydrogens is 276 g/mol. The van der Waals surface area contributed by atoms with Gasteiger partial charge in [0.2, 0.25) is 0 Å². The second-order valence-corrected chi connectivity index (χ2v) is 5.00. The van der Waals surface area contributed by atoms with E-state index >= 15 is 0 Å². The fourth-order valence-electron chi connectivity index (χ4n) is 0.661. The summed E-state index contributed by atoms with van der Waals surface area (Å²) in [5.74, 6) is 0. The van der Waals surface area contributed by atoms with Crippen LogP contribution < -0.4 is 5.56 Å². The molecule has 0 aliphatic carbocycles. The Balaban J connectivity index is 2.79. The summed E-state index contributed by atoms with van der Waals surface area (Å²) in [5.41, 5.74) is -0.0602. The third kappa shape index (κ3) is 3.56. The maximum absolute atomic E-state index is 10.8. The molecule has 0 atom stereocenters. The average molecular weight is 283 g/mol. The summed E-state index contributed by atoms with van der Waals surface area (Å²) in [6, 6.07) is 1.39. The van der Waals surface area contributed by atoms with Crippen molar-refractivity contribution in [3.63, 3.8) is 0 Å². The lowest BCUT2D eigenvalue weighted by atomic mass is 10.4. The van der Waals surface area contributed by atoms with Crippen molar-refractivity contribution < 1.29 is 12.6 Å². The molecule has 1 rings (SSSR count). The van der Waals surface area contributed by atoms with E-state index in [4.69, 9.17) is 0 Å². The van der Waals surface area contributed by atoms with Gasteiger partial charge >= 0.3 is 0 Å². The maximum Gasteiger partial charge on any atom is 0.278 e. The second kappa shape index (κ2) is 4.20. The molecule has 78 valence electrons. The van der Waals surface area contributed by atoms with Gasteiger partial charge < -0.3 is 0 Å². The fraction of sp³-hybridized carbons (Fsp3) is 0.333. The molecule has 8 heteroatoms. The lowest BCUT2D eigenvalue weighted by molar-refractivity contribution is 0.305. The Bertz CT molecular complexity index is 481. The van der Waals surface area contributed by atoms with Gasteiger partial charge in [-0.1, -0.05) is 0 Å². The minimum atomic E-state index is -3.49. The van der Waals surface area contributed by atoms with Gasteiger partial charge in [0.15, 0.2) is 0 Å². The first-order valence-electron chi connectivity index (χ1n) is 3.47. The topological polar surface area (TPSA) is 89.1 Å². The highest BCUT2D eigenvalue weighted by molar-refractivity contribution is 9.10. The van der Waals surface area contributed by atoms with E-state index in [0.29, 0.717) is 5.69 Å². The van der Waals surface area contributed by atoms with E-state index in [2.05, 4.69) is 30.3 Å². The Morgan fingerprint density at radius 3 is 2.79 bits per heavy atom. The van der Waals surface area contributed by atoms with Crippen molar-refractivity contribution in [1.29, 1.82) is 0 Å². The van der Waals surface area contributed by atoms with Gasteiger partial charge in [-0.2, -0.15) is 13.5 Å². The van der Waals surface area contributed by atoms with E-state index < -0.39 is 10.1 Å². The molecule has 0 aliphatic rings. The second-order valence-electron chi connectivity index (χ2n) is 2.50. The SMILES string of the molecule is CS(=O)(=O)OCc1cc(Br)c(=O)[nH]n1. The van der Waals surface area contributed by atoms with Crippen LogP contribution in [0.1, 0.15) is 5.69 Å². The van der Waals surface area contributed by atoms with Crippen LogP contribution in [0.5, 0.6) is 0 Å². The van der Waals surface area contributed by atoms with Crippen LogP contribution >= 0.6 is 15.9 Å². The van der Waals surface area contributed by atoms with Crippen molar-refractivity contribution in [2.24, 2.45) is 0 Å². The summed E-state index contributed by atoms with van der Waals surface area (Å²) in [4.78, 5) is 10.8. The van der Waals surface area contributed by atoms with Gasteiger partial charge in [-0.25, -0.2) is 5.10 Å². The summed E-state index contributed by atoms with van der Waals surface area (Å²) in [6.07, 6.45) is 0.938. The van der Waals surface area contributed by atoms with E-state index in [1.165, 1.54) is 6.07 Å². The molecule has 0 radical (unpaired) electrons. The Morgan fingerprint density at radius 1 is 1.64 bits per heavy atom. The average Bonchev–Trinajstić information content (AvgIpc) is 2.06.